The van der Waals surface area contributed by atoms with E-state index in [1.165, 1.54) is 0 Å². The maximum Gasteiger partial charge on any atom is 0.343 e. The molecule has 6 nitrogen and oxygen atoms in total. The van der Waals surface area contributed by atoms with Gasteiger partial charge < -0.3 is 4.57 Å². The van der Waals surface area contributed by atoms with Crippen LogP contribution in [-0.4, -0.2) is 22.4 Å². The van der Waals surface area contributed by atoms with Crippen LogP contribution in [0, 0.1) is 0 Å². The van der Waals surface area contributed by atoms with E-state index in [2.05, 4.69) is 4.57 Å². The van der Waals surface area contributed by atoms with Gasteiger partial charge in [-0.3, -0.25) is 9.59 Å². The van der Waals surface area contributed by atoms with Crippen molar-refractivity contribution < 1.29 is 14.4 Å². The quantitative estimate of drug-likeness (QED) is 0.146. The predicted molar refractivity (Wildman–Crippen MR) is 178 cm³/mol. The number of carbonyl (C=O) groups excluding carboxylic acids is 3. The van der Waals surface area contributed by atoms with Crippen LogP contribution in [0.4, 0.5) is 16.2 Å². The number of rotatable bonds is 6. The molecule has 216 valence electrons. The van der Waals surface area contributed by atoms with Gasteiger partial charge in [0.2, 0.25) is 0 Å². The third-order valence-corrected chi connectivity index (χ3v) is 7.74. The summed E-state index contributed by atoms with van der Waals surface area (Å²) in [6.45, 7) is 0. The van der Waals surface area contributed by atoms with Crippen LogP contribution in [-0.2, 0) is 9.59 Å². The van der Waals surface area contributed by atoms with E-state index in [4.69, 9.17) is 0 Å². The van der Waals surface area contributed by atoms with Crippen molar-refractivity contribution in [1.29, 1.82) is 0 Å². The SMILES string of the molecule is O=C1C(=Cc2cc(-c3ccccc3)n(-c3ccccc3)c2-c2ccccc2)C(=O)N(c2ccccc2)C(=O)N1c1ccccc1. The van der Waals surface area contributed by atoms with E-state index in [1.54, 1.807) is 54.6 Å². The largest absolute Gasteiger partial charge is 0.343 e. The molecule has 0 unspecified atom stereocenters. The summed E-state index contributed by atoms with van der Waals surface area (Å²) in [5.41, 5.74) is 5.79. The molecule has 0 aliphatic carbocycles. The van der Waals surface area contributed by atoms with Crippen LogP contribution in [0.3, 0.4) is 0 Å². The highest BCUT2D eigenvalue weighted by Gasteiger charge is 2.44. The molecule has 7 rings (SSSR count). The highest BCUT2D eigenvalue weighted by Crippen LogP contribution is 2.38. The van der Waals surface area contributed by atoms with Crippen molar-refractivity contribution in [3.8, 4) is 28.2 Å². The van der Waals surface area contributed by atoms with Gasteiger partial charge in [-0.25, -0.2) is 14.6 Å². The first-order valence-corrected chi connectivity index (χ1v) is 14.6. The molecular weight excluding hydrogens is 558 g/mol. The van der Waals surface area contributed by atoms with Gasteiger partial charge in [-0.05, 0) is 59.7 Å². The van der Waals surface area contributed by atoms with Crippen molar-refractivity contribution in [2.24, 2.45) is 0 Å². The number of barbiturate groups is 1. The lowest BCUT2D eigenvalue weighted by molar-refractivity contribution is -0.121. The second kappa shape index (κ2) is 11.8. The first-order chi connectivity index (χ1) is 22.1. The first-order valence-electron chi connectivity index (χ1n) is 14.6. The van der Waals surface area contributed by atoms with Crippen molar-refractivity contribution in [3.63, 3.8) is 0 Å². The van der Waals surface area contributed by atoms with Crippen LogP contribution in [0.2, 0.25) is 0 Å². The molecule has 0 atom stereocenters. The van der Waals surface area contributed by atoms with Gasteiger partial charge in [0.1, 0.15) is 5.57 Å². The molecule has 6 aromatic rings. The molecule has 6 heteroatoms. The monoisotopic (exact) mass is 585 g/mol. The maximum atomic E-state index is 14.2. The number of benzene rings is 5. The van der Waals surface area contributed by atoms with Crippen LogP contribution in [0.5, 0.6) is 0 Å². The summed E-state index contributed by atoms with van der Waals surface area (Å²) in [7, 11) is 0. The van der Waals surface area contributed by atoms with E-state index < -0.39 is 17.8 Å². The lowest BCUT2D eigenvalue weighted by atomic mass is 10.0. The Morgan fingerprint density at radius 3 is 1.31 bits per heavy atom. The second-order valence-corrected chi connectivity index (χ2v) is 10.5. The lowest BCUT2D eigenvalue weighted by Gasteiger charge is -2.33. The number of urea groups is 1. The normalized spacial score (nSPS) is 13.3. The third kappa shape index (κ3) is 5.04. The number of para-hydroxylation sites is 3. The van der Waals surface area contributed by atoms with Gasteiger partial charge in [-0.2, -0.15) is 0 Å². The Kier molecular flexibility index (Phi) is 7.21. The molecule has 0 N–H and O–H groups in total. The molecule has 2 heterocycles. The minimum Gasteiger partial charge on any atom is -0.309 e. The highest BCUT2D eigenvalue weighted by molar-refractivity contribution is 6.46. The fourth-order valence-corrected chi connectivity index (χ4v) is 5.69. The second-order valence-electron chi connectivity index (χ2n) is 10.5. The minimum atomic E-state index is -0.727. The Hall–Kier alpha value is -6.27. The Labute approximate surface area is 260 Å². The summed E-state index contributed by atoms with van der Waals surface area (Å²) in [4.78, 5) is 44.3. The average molecular weight is 586 g/mol. The van der Waals surface area contributed by atoms with E-state index >= 15 is 0 Å². The molecule has 1 saturated heterocycles. The van der Waals surface area contributed by atoms with E-state index in [0.29, 0.717) is 16.9 Å². The highest BCUT2D eigenvalue weighted by atomic mass is 16.2. The Bertz CT molecular complexity index is 1970. The van der Waals surface area contributed by atoms with E-state index in [9.17, 15) is 14.4 Å². The van der Waals surface area contributed by atoms with Gasteiger partial charge in [0.15, 0.2) is 0 Å². The summed E-state index contributed by atoms with van der Waals surface area (Å²) in [6, 6.07) is 48.5. The fourth-order valence-electron chi connectivity index (χ4n) is 5.69. The summed E-state index contributed by atoms with van der Waals surface area (Å²) < 4.78 is 2.14. The molecule has 5 aromatic carbocycles. The fraction of sp³-hybridized carbons (Fsp3) is 0. The smallest absolute Gasteiger partial charge is 0.309 e. The molecule has 1 aliphatic heterocycles. The first kappa shape index (κ1) is 27.6. The molecule has 4 amide bonds. The van der Waals surface area contributed by atoms with Gasteiger partial charge >= 0.3 is 6.03 Å². The van der Waals surface area contributed by atoms with Crippen LogP contribution >= 0.6 is 0 Å². The van der Waals surface area contributed by atoms with E-state index in [-0.39, 0.29) is 5.57 Å². The van der Waals surface area contributed by atoms with E-state index in [1.807, 2.05) is 109 Å². The summed E-state index contributed by atoms with van der Waals surface area (Å²) >= 11 is 0. The van der Waals surface area contributed by atoms with Crippen LogP contribution in [0.25, 0.3) is 34.3 Å². The molecule has 1 aromatic heterocycles. The summed E-state index contributed by atoms with van der Waals surface area (Å²) in [5.74, 6) is -1.37. The molecule has 0 spiro atoms. The number of aromatic nitrogens is 1. The van der Waals surface area contributed by atoms with Crippen molar-refractivity contribution >= 4 is 35.3 Å². The number of hydrogen-bond donors (Lipinski definition) is 0. The molecule has 0 bridgehead atoms. The lowest BCUT2D eigenvalue weighted by Crippen LogP contribution is -2.57. The van der Waals surface area contributed by atoms with Crippen LogP contribution < -0.4 is 9.80 Å². The van der Waals surface area contributed by atoms with Gasteiger partial charge in [-0.15, -0.1) is 0 Å². The van der Waals surface area contributed by atoms with Gasteiger partial charge in [-0.1, -0.05) is 115 Å². The van der Waals surface area contributed by atoms with Crippen molar-refractivity contribution in [1.82, 2.24) is 4.57 Å². The molecular formula is C39H27N3O3. The van der Waals surface area contributed by atoms with Crippen LogP contribution in [0.1, 0.15) is 5.56 Å². The summed E-state index contributed by atoms with van der Waals surface area (Å²) in [6.07, 6.45) is 1.62. The van der Waals surface area contributed by atoms with Crippen molar-refractivity contribution in [3.05, 3.63) is 169 Å². The Morgan fingerprint density at radius 2 is 0.844 bits per heavy atom. The van der Waals surface area contributed by atoms with Crippen LogP contribution in [0.15, 0.2) is 163 Å². The molecule has 0 saturated carbocycles. The third-order valence-electron chi connectivity index (χ3n) is 7.74. The molecule has 1 aliphatic rings. The summed E-state index contributed by atoms with van der Waals surface area (Å²) in [5, 5.41) is 0. The van der Waals surface area contributed by atoms with Gasteiger partial charge in [0.05, 0.1) is 22.8 Å². The van der Waals surface area contributed by atoms with E-state index in [0.717, 1.165) is 38.0 Å². The van der Waals surface area contributed by atoms with Gasteiger partial charge in [0, 0.05) is 11.3 Å². The number of anilines is 2. The molecule has 1 fully saturated rings. The predicted octanol–water partition coefficient (Wildman–Crippen LogP) is 8.39. The van der Waals surface area contributed by atoms with Gasteiger partial charge in [0.25, 0.3) is 11.8 Å². The number of hydrogen-bond acceptors (Lipinski definition) is 3. The average Bonchev–Trinajstić information content (AvgIpc) is 3.48. The van der Waals surface area contributed by atoms with Crippen molar-refractivity contribution in [2.75, 3.05) is 9.80 Å². The Morgan fingerprint density at radius 1 is 0.444 bits per heavy atom. The number of carbonyl (C=O) groups is 3. The number of imide groups is 2. The zero-order valence-electron chi connectivity index (χ0n) is 24.2. The topological polar surface area (TPSA) is 62.6 Å². The van der Waals surface area contributed by atoms with Crippen molar-refractivity contribution in [2.45, 2.75) is 0 Å². The Balaban J connectivity index is 1.50. The molecule has 0 radical (unpaired) electrons. The zero-order valence-corrected chi connectivity index (χ0v) is 24.2. The number of nitrogens with zero attached hydrogens (tertiary/aromatic N) is 3. The minimum absolute atomic E-state index is 0.121. The number of amides is 4. The zero-order chi connectivity index (χ0) is 30.8. The molecule has 45 heavy (non-hydrogen) atoms. The standard InChI is InChI=1S/C39H27N3O3/c43-37-34(38(44)42(33-24-14-5-15-25-33)39(45)41(37)32-22-12-4-13-23-32)26-30-27-35(28-16-6-1-7-17-28)40(31-20-10-3-11-21-31)36(30)29-18-8-2-9-19-29/h1-27H. The maximum absolute atomic E-state index is 14.2.